The molecule has 0 spiro atoms. The van der Waals surface area contributed by atoms with Crippen LogP contribution in [0.4, 0.5) is 0 Å². The van der Waals surface area contributed by atoms with Crippen molar-refractivity contribution in [2.24, 2.45) is 11.7 Å². The standard InChI is InChI=1S/C17H27N5O3/c1-13-8-19-22(9-13)12-16(23)21-5-4-20(10-14(11-21)17(18)24)15-2-6-25-7-3-15/h8-9,14-15H,2-7,10-12H2,1H3,(H2,18,24). The highest BCUT2D eigenvalue weighted by Crippen LogP contribution is 2.19. The first kappa shape index (κ1) is 17.9. The summed E-state index contributed by atoms with van der Waals surface area (Å²) in [7, 11) is 0. The molecule has 2 aliphatic rings. The molecule has 1 unspecified atom stereocenters. The van der Waals surface area contributed by atoms with Gasteiger partial charge < -0.3 is 15.4 Å². The van der Waals surface area contributed by atoms with E-state index in [4.69, 9.17) is 10.5 Å². The van der Waals surface area contributed by atoms with Crippen molar-refractivity contribution in [3.05, 3.63) is 18.0 Å². The summed E-state index contributed by atoms with van der Waals surface area (Å²) in [6, 6.07) is 0.402. The Balaban J connectivity index is 1.66. The molecule has 3 heterocycles. The van der Waals surface area contributed by atoms with E-state index in [9.17, 15) is 9.59 Å². The highest BCUT2D eigenvalue weighted by molar-refractivity contribution is 5.80. The molecule has 3 rings (SSSR count). The van der Waals surface area contributed by atoms with Crippen LogP contribution in [-0.2, 0) is 20.9 Å². The number of aryl methyl sites for hydroxylation is 1. The molecule has 1 atom stereocenters. The number of ether oxygens (including phenoxy) is 1. The molecule has 2 N–H and O–H groups in total. The summed E-state index contributed by atoms with van der Waals surface area (Å²) in [5.41, 5.74) is 6.62. The molecule has 8 heteroatoms. The number of hydrogen-bond acceptors (Lipinski definition) is 5. The van der Waals surface area contributed by atoms with Crippen LogP contribution in [0, 0.1) is 12.8 Å². The van der Waals surface area contributed by atoms with Gasteiger partial charge in [-0.3, -0.25) is 19.2 Å². The minimum Gasteiger partial charge on any atom is -0.381 e. The summed E-state index contributed by atoms with van der Waals surface area (Å²) >= 11 is 0. The van der Waals surface area contributed by atoms with Crippen LogP contribution < -0.4 is 5.73 Å². The SMILES string of the molecule is Cc1cnn(CC(=O)N2CCN(C3CCOCC3)CC(C(N)=O)C2)c1. The van der Waals surface area contributed by atoms with E-state index in [1.54, 1.807) is 15.8 Å². The Morgan fingerprint density at radius 2 is 2.04 bits per heavy atom. The minimum absolute atomic E-state index is 0.0248. The largest absolute Gasteiger partial charge is 0.381 e. The van der Waals surface area contributed by atoms with Crippen molar-refractivity contribution in [2.45, 2.75) is 32.4 Å². The monoisotopic (exact) mass is 349 g/mol. The maximum Gasteiger partial charge on any atom is 0.244 e. The Morgan fingerprint density at radius 3 is 2.68 bits per heavy atom. The first-order valence-corrected chi connectivity index (χ1v) is 8.91. The van der Waals surface area contributed by atoms with Crippen molar-refractivity contribution in [3.63, 3.8) is 0 Å². The van der Waals surface area contributed by atoms with Crippen molar-refractivity contribution in [3.8, 4) is 0 Å². The van der Waals surface area contributed by atoms with Gasteiger partial charge in [-0.25, -0.2) is 0 Å². The molecule has 8 nitrogen and oxygen atoms in total. The Hall–Kier alpha value is -1.93. The van der Waals surface area contributed by atoms with E-state index in [-0.39, 0.29) is 24.3 Å². The third-order valence-corrected chi connectivity index (χ3v) is 5.07. The fourth-order valence-corrected chi connectivity index (χ4v) is 3.62. The van der Waals surface area contributed by atoms with Crippen LogP contribution in [-0.4, -0.2) is 76.8 Å². The van der Waals surface area contributed by atoms with Crippen LogP contribution in [0.15, 0.2) is 12.4 Å². The second kappa shape index (κ2) is 7.97. The van der Waals surface area contributed by atoms with E-state index >= 15 is 0 Å². The molecule has 1 aromatic heterocycles. The molecule has 2 saturated heterocycles. The molecular weight excluding hydrogens is 322 g/mol. The van der Waals surface area contributed by atoms with Crippen molar-refractivity contribution in [2.75, 3.05) is 39.4 Å². The average Bonchev–Trinajstić information content (AvgIpc) is 2.88. The fraction of sp³-hybridized carbons (Fsp3) is 0.706. The number of nitrogens with zero attached hydrogens (tertiary/aromatic N) is 4. The number of nitrogens with two attached hydrogens (primary N) is 1. The van der Waals surface area contributed by atoms with Crippen LogP contribution in [0.5, 0.6) is 0 Å². The zero-order chi connectivity index (χ0) is 17.8. The number of carbonyl (C=O) groups excluding carboxylic acids is 2. The van der Waals surface area contributed by atoms with Gasteiger partial charge in [0.15, 0.2) is 0 Å². The summed E-state index contributed by atoms with van der Waals surface area (Å²) in [4.78, 5) is 28.6. The highest BCUT2D eigenvalue weighted by Gasteiger charge is 2.32. The Kier molecular flexibility index (Phi) is 5.70. The van der Waals surface area contributed by atoms with Crippen molar-refractivity contribution < 1.29 is 14.3 Å². The van der Waals surface area contributed by atoms with E-state index in [2.05, 4.69) is 10.00 Å². The van der Waals surface area contributed by atoms with Gasteiger partial charge in [0.25, 0.3) is 0 Å². The topological polar surface area (TPSA) is 93.7 Å². The van der Waals surface area contributed by atoms with Gasteiger partial charge in [-0.15, -0.1) is 0 Å². The molecule has 0 aliphatic carbocycles. The quantitative estimate of drug-likeness (QED) is 0.799. The summed E-state index contributed by atoms with van der Waals surface area (Å²) in [5.74, 6) is -0.705. The van der Waals surface area contributed by atoms with Gasteiger partial charge in [0.1, 0.15) is 6.54 Å². The normalized spacial score (nSPS) is 23.4. The van der Waals surface area contributed by atoms with Crippen LogP contribution in [0.2, 0.25) is 0 Å². The van der Waals surface area contributed by atoms with Gasteiger partial charge in [-0.1, -0.05) is 0 Å². The summed E-state index contributed by atoms with van der Waals surface area (Å²) < 4.78 is 7.07. The fourth-order valence-electron chi connectivity index (χ4n) is 3.62. The maximum absolute atomic E-state index is 12.7. The van der Waals surface area contributed by atoms with E-state index in [0.29, 0.717) is 25.7 Å². The molecule has 0 saturated carbocycles. The van der Waals surface area contributed by atoms with Gasteiger partial charge >= 0.3 is 0 Å². The highest BCUT2D eigenvalue weighted by atomic mass is 16.5. The zero-order valence-corrected chi connectivity index (χ0v) is 14.8. The van der Waals surface area contributed by atoms with E-state index < -0.39 is 0 Å². The smallest absolute Gasteiger partial charge is 0.244 e. The average molecular weight is 349 g/mol. The van der Waals surface area contributed by atoms with E-state index in [1.165, 1.54) is 0 Å². The first-order valence-electron chi connectivity index (χ1n) is 8.91. The van der Waals surface area contributed by atoms with Crippen LogP contribution in [0.25, 0.3) is 0 Å². The van der Waals surface area contributed by atoms with Crippen LogP contribution >= 0.6 is 0 Å². The molecule has 25 heavy (non-hydrogen) atoms. The third-order valence-electron chi connectivity index (χ3n) is 5.07. The number of aromatic nitrogens is 2. The first-order chi connectivity index (χ1) is 12.0. The predicted molar refractivity (Wildman–Crippen MR) is 91.6 cm³/mol. The second-order valence-electron chi connectivity index (χ2n) is 6.99. The van der Waals surface area contributed by atoms with Crippen LogP contribution in [0.1, 0.15) is 18.4 Å². The number of primary amides is 1. The molecule has 138 valence electrons. The number of rotatable bonds is 4. The van der Waals surface area contributed by atoms with Gasteiger partial charge in [0, 0.05) is 51.6 Å². The minimum atomic E-state index is -0.341. The number of amides is 2. The Morgan fingerprint density at radius 1 is 1.28 bits per heavy atom. The van der Waals surface area contributed by atoms with Gasteiger partial charge in [-0.05, 0) is 25.3 Å². The zero-order valence-electron chi connectivity index (χ0n) is 14.8. The van der Waals surface area contributed by atoms with E-state index in [1.807, 2.05) is 13.1 Å². The van der Waals surface area contributed by atoms with Gasteiger partial charge in [-0.2, -0.15) is 5.10 Å². The van der Waals surface area contributed by atoms with Crippen LogP contribution in [0.3, 0.4) is 0 Å². The second-order valence-corrected chi connectivity index (χ2v) is 6.99. The lowest BCUT2D eigenvalue weighted by molar-refractivity contribution is -0.133. The van der Waals surface area contributed by atoms with Crippen molar-refractivity contribution in [1.29, 1.82) is 0 Å². The maximum atomic E-state index is 12.7. The molecule has 0 aromatic carbocycles. The number of hydrogen-bond donors (Lipinski definition) is 1. The molecule has 2 amide bonds. The van der Waals surface area contributed by atoms with Gasteiger partial charge in [0.2, 0.25) is 11.8 Å². The van der Waals surface area contributed by atoms with Gasteiger partial charge in [0.05, 0.1) is 12.1 Å². The molecule has 2 fully saturated rings. The predicted octanol–water partition coefficient (Wildman–Crippen LogP) is -0.384. The molecule has 1 aromatic rings. The summed E-state index contributed by atoms with van der Waals surface area (Å²) in [6.45, 7) is 6.01. The third kappa shape index (κ3) is 4.58. The van der Waals surface area contributed by atoms with Crippen molar-refractivity contribution in [1.82, 2.24) is 19.6 Å². The molecule has 0 radical (unpaired) electrons. The molecular formula is C17H27N5O3. The van der Waals surface area contributed by atoms with E-state index in [0.717, 1.165) is 38.2 Å². The number of carbonyl (C=O) groups is 2. The molecule has 2 aliphatic heterocycles. The lowest BCUT2D eigenvalue weighted by atomic mass is 10.0. The summed E-state index contributed by atoms with van der Waals surface area (Å²) in [5, 5.41) is 4.17. The molecule has 0 bridgehead atoms. The van der Waals surface area contributed by atoms with Crippen molar-refractivity contribution >= 4 is 11.8 Å². The lowest BCUT2D eigenvalue weighted by Gasteiger charge is -2.34. The lowest BCUT2D eigenvalue weighted by Crippen LogP contribution is -2.44. The summed E-state index contributed by atoms with van der Waals surface area (Å²) in [6.07, 6.45) is 5.50. The Labute approximate surface area is 147 Å². The Bertz CT molecular complexity index is 611.